The van der Waals surface area contributed by atoms with Gasteiger partial charge in [-0.3, -0.25) is 9.59 Å². The number of halogens is 1. The maximum Gasteiger partial charge on any atom is 0.223 e. The molecule has 92 valence electrons. The Morgan fingerprint density at radius 1 is 1.00 bits per heavy atom. The zero-order chi connectivity index (χ0) is 12.0. The van der Waals surface area contributed by atoms with Crippen molar-refractivity contribution >= 4 is 23.4 Å². The molecule has 0 atom stereocenters. The lowest BCUT2D eigenvalue weighted by Crippen LogP contribution is -2.50. The minimum Gasteiger partial charge on any atom is -0.339 e. The van der Waals surface area contributed by atoms with E-state index in [1.807, 2.05) is 11.8 Å². The van der Waals surface area contributed by atoms with Gasteiger partial charge >= 0.3 is 0 Å². The maximum atomic E-state index is 11.6. The second-order valence-corrected chi connectivity index (χ2v) is 4.33. The Hall–Kier alpha value is -0.770. The highest BCUT2D eigenvalue weighted by Gasteiger charge is 2.22. The van der Waals surface area contributed by atoms with E-state index in [2.05, 4.69) is 0 Å². The van der Waals surface area contributed by atoms with E-state index in [1.165, 1.54) is 0 Å². The summed E-state index contributed by atoms with van der Waals surface area (Å²) < 4.78 is 0. The highest BCUT2D eigenvalue weighted by atomic mass is 35.5. The molecular formula is C11H19ClN2O2. The number of rotatable bonds is 4. The van der Waals surface area contributed by atoms with Crippen molar-refractivity contribution in [2.45, 2.75) is 26.2 Å². The van der Waals surface area contributed by atoms with Crippen LogP contribution in [0.2, 0.25) is 0 Å². The number of carbonyl (C=O) groups is 2. The summed E-state index contributed by atoms with van der Waals surface area (Å²) in [7, 11) is 0. The Balaban J connectivity index is 2.33. The van der Waals surface area contributed by atoms with Crippen molar-refractivity contribution in [3.63, 3.8) is 0 Å². The van der Waals surface area contributed by atoms with Crippen LogP contribution in [-0.2, 0) is 9.59 Å². The third kappa shape index (κ3) is 3.67. The molecular weight excluding hydrogens is 228 g/mol. The van der Waals surface area contributed by atoms with Crippen LogP contribution in [0.3, 0.4) is 0 Å². The number of hydrogen-bond acceptors (Lipinski definition) is 2. The molecule has 0 saturated carbocycles. The highest BCUT2D eigenvalue weighted by molar-refractivity contribution is 6.18. The molecule has 0 aromatic heterocycles. The highest BCUT2D eigenvalue weighted by Crippen LogP contribution is 2.06. The number of hydrogen-bond donors (Lipinski definition) is 0. The fourth-order valence-electron chi connectivity index (χ4n) is 1.82. The average Bonchev–Trinajstić information content (AvgIpc) is 2.30. The normalized spacial score (nSPS) is 16.4. The molecule has 2 amide bonds. The minimum atomic E-state index is 0.0950. The molecule has 0 aromatic carbocycles. The first-order chi connectivity index (χ1) is 7.69. The molecule has 0 spiro atoms. The van der Waals surface area contributed by atoms with Gasteiger partial charge in [-0.15, -0.1) is 11.6 Å². The lowest BCUT2D eigenvalue weighted by Gasteiger charge is -2.34. The van der Waals surface area contributed by atoms with Crippen LogP contribution in [0.4, 0.5) is 0 Å². The van der Waals surface area contributed by atoms with E-state index in [0.29, 0.717) is 44.9 Å². The van der Waals surface area contributed by atoms with E-state index < -0.39 is 0 Å². The maximum absolute atomic E-state index is 11.6. The molecule has 1 fully saturated rings. The fraction of sp³-hybridized carbons (Fsp3) is 0.818. The molecule has 1 aliphatic heterocycles. The van der Waals surface area contributed by atoms with Crippen LogP contribution in [0.1, 0.15) is 26.2 Å². The standard InChI is InChI=1S/C11H19ClN2O2/c1-2-3-10(15)13-6-8-14(9-7-13)11(16)4-5-12/h2-9H2,1H3. The Bertz CT molecular complexity index is 224. The van der Waals surface area contributed by atoms with E-state index in [-0.39, 0.29) is 11.8 Å². The first-order valence-electron chi connectivity index (χ1n) is 5.80. The van der Waals surface area contributed by atoms with E-state index in [1.54, 1.807) is 4.90 Å². The van der Waals surface area contributed by atoms with Crippen molar-refractivity contribution in [3.8, 4) is 0 Å². The van der Waals surface area contributed by atoms with E-state index in [0.717, 1.165) is 6.42 Å². The van der Waals surface area contributed by atoms with Gasteiger partial charge in [0, 0.05) is 44.9 Å². The van der Waals surface area contributed by atoms with Crippen molar-refractivity contribution in [1.29, 1.82) is 0 Å². The monoisotopic (exact) mass is 246 g/mol. The Morgan fingerprint density at radius 3 is 1.81 bits per heavy atom. The summed E-state index contributed by atoms with van der Waals surface area (Å²) >= 11 is 5.52. The Labute approximate surface area is 102 Å². The second kappa shape index (κ2) is 6.74. The van der Waals surface area contributed by atoms with Crippen molar-refractivity contribution in [2.75, 3.05) is 32.1 Å². The van der Waals surface area contributed by atoms with Crippen molar-refractivity contribution in [1.82, 2.24) is 9.80 Å². The molecule has 1 heterocycles. The molecule has 0 radical (unpaired) electrons. The molecule has 1 rings (SSSR count). The van der Waals surface area contributed by atoms with Gasteiger partial charge in [-0.25, -0.2) is 0 Å². The van der Waals surface area contributed by atoms with Crippen LogP contribution in [0, 0.1) is 0 Å². The van der Waals surface area contributed by atoms with Crippen LogP contribution < -0.4 is 0 Å². The molecule has 5 heteroatoms. The van der Waals surface area contributed by atoms with Gasteiger partial charge in [0.05, 0.1) is 0 Å². The third-order valence-electron chi connectivity index (χ3n) is 2.76. The fourth-order valence-corrected chi connectivity index (χ4v) is 1.98. The second-order valence-electron chi connectivity index (χ2n) is 3.95. The zero-order valence-corrected chi connectivity index (χ0v) is 10.5. The number of nitrogens with zero attached hydrogens (tertiary/aromatic N) is 2. The summed E-state index contributed by atoms with van der Waals surface area (Å²) in [5, 5.41) is 0. The third-order valence-corrected chi connectivity index (χ3v) is 2.95. The lowest BCUT2D eigenvalue weighted by atomic mass is 10.2. The van der Waals surface area contributed by atoms with Crippen molar-refractivity contribution in [3.05, 3.63) is 0 Å². The van der Waals surface area contributed by atoms with Gasteiger partial charge in [-0.05, 0) is 6.42 Å². The largest absolute Gasteiger partial charge is 0.339 e. The Morgan fingerprint density at radius 2 is 1.44 bits per heavy atom. The van der Waals surface area contributed by atoms with Gasteiger partial charge in [-0.2, -0.15) is 0 Å². The number of amides is 2. The van der Waals surface area contributed by atoms with Gasteiger partial charge in [0.25, 0.3) is 0 Å². The van der Waals surface area contributed by atoms with E-state index in [4.69, 9.17) is 11.6 Å². The summed E-state index contributed by atoms with van der Waals surface area (Å²) in [5.41, 5.74) is 0. The summed E-state index contributed by atoms with van der Waals surface area (Å²) in [4.78, 5) is 26.8. The van der Waals surface area contributed by atoms with Crippen LogP contribution in [0.25, 0.3) is 0 Å². The van der Waals surface area contributed by atoms with Gasteiger partial charge in [-0.1, -0.05) is 6.92 Å². The van der Waals surface area contributed by atoms with Gasteiger partial charge < -0.3 is 9.80 Å². The van der Waals surface area contributed by atoms with Crippen LogP contribution >= 0.6 is 11.6 Å². The smallest absolute Gasteiger partial charge is 0.223 e. The molecule has 0 unspecified atom stereocenters. The number of carbonyl (C=O) groups excluding carboxylic acids is 2. The van der Waals surface area contributed by atoms with Gasteiger partial charge in [0.15, 0.2) is 0 Å². The summed E-state index contributed by atoms with van der Waals surface area (Å²) in [5.74, 6) is 0.665. The summed E-state index contributed by atoms with van der Waals surface area (Å²) in [6.07, 6.45) is 1.88. The van der Waals surface area contributed by atoms with Crippen LogP contribution in [0.15, 0.2) is 0 Å². The van der Waals surface area contributed by atoms with E-state index >= 15 is 0 Å². The quantitative estimate of drug-likeness (QED) is 0.697. The molecule has 16 heavy (non-hydrogen) atoms. The molecule has 0 bridgehead atoms. The Kier molecular flexibility index (Phi) is 5.60. The average molecular weight is 247 g/mol. The lowest BCUT2D eigenvalue weighted by molar-refractivity contribution is -0.139. The summed E-state index contributed by atoms with van der Waals surface area (Å²) in [6, 6.07) is 0. The molecule has 1 aliphatic rings. The number of alkyl halides is 1. The molecule has 0 aromatic rings. The van der Waals surface area contributed by atoms with E-state index in [9.17, 15) is 9.59 Å². The van der Waals surface area contributed by atoms with Crippen LogP contribution in [-0.4, -0.2) is 53.7 Å². The van der Waals surface area contributed by atoms with Crippen molar-refractivity contribution in [2.24, 2.45) is 0 Å². The molecule has 0 N–H and O–H groups in total. The number of piperazine rings is 1. The van der Waals surface area contributed by atoms with Gasteiger partial charge in [0.1, 0.15) is 0 Å². The molecule has 0 aliphatic carbocycles. The topological polar surface area (TPSA) is 40.6 Å². The minimum absolute atomic E-state index is 0.0950. The van der Waals surface area contributed by atoms with Gasteiger partial charge in [0.2, 0.25) is 11.8 Å². The predicted molar refractivity (Wildman–Crippen MR) is 63.4 cm³/mol. The predicted octanol–water partition coefficient (Wildman–Crippen LogP) is 1.09. The molecule has 1 saturated heterocycles. The SMILES string of the molecule is CCCC(=O)N1CCN(C(=O)CCCl)CC1. The first kappa shape index (κ1) is 13.3. The van der Waals surface area contributed by atoms with Crippen molar-refractivity contribution < 1.29 is 9.59 Å². The van der Waals surface area contributed by atoms with Crippen LogP contribution in [0.5, 0.6) is 0 Å². The first-order valence-corrected chi connectivity index (χ1v) is 6.34. The molecule has 4 nitrogen and oxygen atoms in total. The summed E-state index contributed by atoms with van der Waals surface area (Å²) in [6.45, 7) is 4.61. The zero-order valence-electron chi connectivity index (χ0n) is 9.75.